The fourth-order valence-electron chi connectivity index (χ4n) is 1.93. The number of non-ortho nitro benzene ring substituents is 1. The Balaban J connectivity index is 2.15. The van der Waals surface area contributed by atoms with E-state index in [0.717, 1.165) is 11.8 Å². The number of nitrogens with zero attached hydrogens (tertiary/aromatic N) is 1. The minimum Gasteiger partial charge on any atom is -0.495 e. The number of nitro groups is 1. The van der Waals surface area contributed by atoms with Crippen molar-refractivity contribution in [3.8, 4) is 5.75 Å². The maximum absolute atomic E-state index is 13.7. The molecule has 1 atom stereocenters. The zero-order valence-electron chi connectivity index (χ0n) is 13.0. The van der Waals surface area contributed by atoms with E-state index in [9.17, 15) is 19.3 Å². The molecule has 0 spiro atoms. The van der Waals surface area contributed by atoms with Crippen LogP contribution in [-0.4, -0.2) is 23.2 Å². The number of nitrogens with one attached hydrogen (secondary N) is 1. The van der Waals surface area contributed by atoms with Gasteiger partial charge in [0.15, 0.2) is 0 Å². The maximum atomic E-state index is 13.7. The molecular weight excluding hydrogens is 335 g/mol. The number of nitro benzene ring substituents is 1. The largest absolute Gasteiger partial charge is 0.495 e. The molecule has 8 heteroatoms. The quantitative estimate of drug-likeness (QED) is 0.486. The molecular formula is C16H15FN2O4S. The number of carbonyl (C=O) groups is 1. The van der Waals surface area contributed by atoms with E-state index in [4.69, 9.17) is 4.74 Å². The van der Waals surface area contributed by atoms with E-state index in [0.29, 0.717) is 10.6 Å². The van der Waals surface area contributed by atoms with Gasteiger partial charge < -0.3 is 10.1 Å². The Kier molecular flexibility index (Phi) is 5.75. The van der Waals surface area contributed by atoms with Gasteiger partial charge in [-0.05, 0) is 25.1 Å². The van der Waals surface area contributed by atoms with Crippen LogP contribution < -0.4 is 10.1 Å². The highest BCUT2D eigenvalue weighted by molar-refractivity contribution is 8.00. The molecule has 0 bridgehead atoms. The van der Waals surface area contributed by atoms with Crippen molar-refractivity contribution < 1.29 is 18.8 Å². The lowest BCUT2D eigenvalue weighted by Crippen LogP contribution is -2.22. The molecule has 0 heterocycles. The van der Waals surface area contributed by atoms with Crippen LogP contribution in [-0.2, 0) is 4.79 Å². The molecule has 0 saturated carbocycles. The van der Waals surface area contributed by atoms with E-state index in [2.05, 4.69) is 5.32 Å². The third-order valence-electron chi connectivity index (χ3n) is 3.16. The molecule has 0 aliphatic rings. The van der Waals surface area contributed by atoms with E-state index >= 15 is 0 Å². The Bertz CT molecular complexity index is 769. The molecule has 2 rings (SSSR count). The first kappa shape index (κ1) is 17.7. The SMILES string of the molecule is COc1ccc([N+](=O)[O-])cc1NC(=O)C(C)Sc1ccccc1F. The highest BCUT2D eigenvalue weighted by atomic mass is 32.2. The second-order valence-corrected chi connectivity index (χ2v) is 6.20. The van der Waals surface area contributed by atoms with Crippen LogP contribution >= 0.6 is 11.8 Å². The van der Waals surface area contributed by atoms with Gasteiger partial charge in [-0.3, -0.25) is 14.9 Å². The summed E-state index contributed by atoms with van der Waals surface area (Å²) in [7, 11) is 1.40. The van der Waals surface area contributed by atoms with Crippen molar-refractivity contribution in [2.45, 2.75) is 17.1 Å². The molecule has 1 N–H and O–H groups in total. The first-order chi connectivity index (χ1) is 11.4. The Morgan fingerprint density at radius 1 is 1.33 bits per heavy atom. The highest BCUT2D eigenvalue weighted by Crippen LogP contribution is 2.31. The normalized spacial score (nSPS) is 11.6. The van der Waals surface area contributed by atoms with Gasteiger partial charge in [-0.1, -0.05) is 12.1 Å². The molecule has 0 fully saturated rings. The number of hydrogen-bond donors (Lipinski definition) is 1. The van der Waals surface area contributed by atoms with E-state index in [1.165, 1.54) is 31.4 Å². The minimum absolute atomic E-state index is 0.166. The Morgan fingerprint density at radius 3 is 2.67 bits per heavy atom. The fraction of sp³-hybridized carbons (Fsp3) is 0.188. The van der Waals surface area contributed by atoms with Crippen LogP contribution in [0.4, 0.5) is 15.8 Å². The van der Waals surface area contributed by atoms with E-state index in [1.54, 1.807) is 25.1 Å². The average molecular weight is 350 g/mol. The van der Waals surface area contributed by atoms with Crippen LogP contribution in [0.15, 0.2) is 47.4 Å². The molecule has 6 nitrogen and oxygen atoms in total. The second-order valence-electron chi connectivity index (χ2n) is 4.82. The number of anilines is 1. The van der Waals surface area contributed by atoms with Crippen molar-refractivity contribution in [1.29, 1.82) is 0 Å². The number of carbonyl (C=O) groups excluding carboxylic acids is 1. The first-order valence-corrected chi connectivity index (χ1v) is 7.85. The molecule has 0 aliphatic carbocycles. The lowest BCUT2D eigenvalue weighted by Gasteiger charge is -2.14. The van der Waals surface area contributed by atoms with Crippen LogP contribution in [0, 0.1) is 15.9 Å². The van der Waals surface area contributed by atoms with Gasteiger partial charge in [0, 0.05) is 17.0 Å². The number of hydrogen-bond acceptors (Lipinski definition) is 5. The summed E-state index contributed by atoms with van der Waals surface area (Å²) in [6.45, 7) is 1.62. The Hall–Kier alpha value is -2.61. The van der Waals surface area contributed by atoms with Crippen molar-refractivity contribution >= 4 is 29.0 Å². The number of amides is 1. The average Bonchev–Trinajstić information content (AvgIpc) is 2.56. The van der Waals surface area contributed by atoms with Gasteiger partial charge in [0.05, 0.1) is 23.0 Å². The smallest absolute Gasteiger partial charge is 0.271 e. The van der Waals surface area contributed by atoms with E-state index < -0.39 is 21.9 Å². The van der Waals surface area contributed by atoms with Gasteiger partial charge >= 0.3 is 0 Å². The fourth-order valence-corrected chi connectivity index (χ4v) is 2.81. The predicted molar refractivity (Wildman–Crippen MR) is 90.0 cm³/mol. The molecule has 0 aromatic heterocycles. The molecule has 0 aliphatic heterocycles. The van der Waals surface area contributed by atoms with Gasteiger partial charge in [-0.25, -0.2) is 4.39 Å². The number of thioether (sulfide) groups is 1. The van der Waals surface area contributed by atoms with Gasteiger partial charge in [0.1, 0.15) is 11.6 Å². The summed E-state index contributed by atoms with van der Waals surface area (Å²) in [6, 6.07) is 10.1. The molecule has 1 amide bonds. The van der Waals surface area contributed by atoms with Gasteiger partial charge in [0.25, 0.3) is 5.69 Å². The summed E-state index contributed by atoms with van der Waals surface area (Å²) in [6.07, 6.45) is 0. The lowest BCUT2D eigenvalue weighted by atomic mass is 10.2. The monoisotopic (exact) mass is 350 g/mol. The number of rotatable bonds is 6. The summed E-state index contributed by atoms with van der Waals surface area (Å²) < 4.78 is 18.7. The molecule has 24 heavy (non-hydrogen) atoms. The zero-order chi connectivity index (χ0) is 17.7. The first-order valence-electron chi connectivity index (χ1n) is 6.97. The summed E-state index contributed by atoms with van der Waals surface area (Å²) in [5.41, 5.74) is 0.0261. The molecule has 0 radical (unpaired) electrons. The van der Waals surface area contributed by atoms with E-state index in [-0.39, 0.29) is 11.4 Å². The number of benzene rings is 2. The zero-order valence-corrected chi connectivity index (χ0v) is 13.8. The number of halogens is 1. The van der Waals surface area contributed by atoms with Crippen LogP contribution in [0.5, 0.6) is 5.75 Å². The van der Waals surface area contributed by atoms with Gasteiger partial charge in [-0.15, -0.1) is 11.8 Å². The second kappa shape index (κ2) is 7.78. The standard InChI is InChI=1S/C16H15FN2O4S/c1-10(24-15-6-4-3-5-12(15)17)16(20)18-13-9-11(19(21)22)7-8-14(13)23-2/h3-10H,1-2H3,(H,18,20). The van der Waals surface area contributed by atoms with Crippen molar-refractivity contribution in [3.63, 3.8) is 0 Å². The minimum atomic E-state index is -0.606. The van der Waals surface area contributed by atoms with Crippen LogP contribution in [0.2, 0.25) is 0 Å². The summed E-state index contributed by atoms with van der Waals surface area (Å²) in [5, 5.41) is 12.8. The molecule has 126 valence electrons. The highest BCUT2D eigenvalue weighted by Gasteiger charge is 2.19. The molecule has 2 aromatic carbocycles. The summed E-state index contributed by atoms with van der Waals surface area (Å²) >= 11 is 1.06. The van der Waals surface area contributed by atoms with Crippen LogP contribution in [0.3, 0.4) is 0 Å². The number of methoxy groups -OCH3 is 1. The third kappa shape index (κ3) is 4.23. The molecule has 2 aromatic rings. The summed E-state index contributed by atoms with van der Waals surface area (Å²) in [4.78, 5) is 22.9. The Morgan fingerprint density at radius 2 is 2.04 bits per heavy atom. The molecule has 1 unspecified atom stereocenters. The van der Waals surface area contributed by atoms with E-state index in [1.807, 2.05) is 0 Å². The maximum Gasteiger partial charge on any atom is 0.271 e. The van der Waals surface area contributed by atoms with Crippen molar-refractivity contribution in [1.82, 2.24) is 0 Å². The number of ether oxygens (including phenoxy) is 1. The Labute approximate surface area is 142 Å². The van der Waals surface area contributed by atoms with Crippen molar-refractivity contribution in [3.05, 3.63) is 58.4 Å². The van der Waals surface area contributed by atoms with Crippen molar-refractivity contribution in [2.75, 3.05) is 12.4 Å². The topological polar surface area (TPSA) is 81.5 Å². The predicted octanol–water partition coefficient (Wildman–Crippen LogP) is 3.86. The van der Waals surface area contributed by atoms with Crippen molar-refractivity contribution in [2.24, 2.45) is 0 Å². The summed E-state index contributed by atoms with van der Waals surface area (Å²) in [5.74, 6) is -0.519. The molecule has 0 saturated heterocycles. The lowest BCUT2D eigenvalue weighted by molar-refractivity contribution is -0.384. The van der Waals surface area contributed by atoms with Crippen LogP contribution in [0.1, 0.15) is 6.92 Å². The third-order valence-corrected chi connectivity index (χ3v) is 4.31. The van der Waals surface area contributed by atoms with Gasteiger partial charge in [0.2, 0.25) is 5.91 Å². The van der Waals surface area contributed by atoms with Gasteiger partial charge in [-0.2, -0.15) is 0 Å². The van der Waals surface area contributed by atoms with Crippen LogP contribution in [0.25, 0.3) is 0 Å².